The monoisotopic (exact) mass is 526 g/mol. The largest absolute Gasteiger partial charge is 0.383 e. The minimum atomic E-state index is -1.49. The Balaban J connectivity index is 1.59. The van der Waals surface area contributed by atoms with Crippen molar-refractivity contribution in [2.24, 2.45) is 5.41 Å². The molecule has 3 aromatic heterocycles. The molecule has 0 unspecified atom stereocenters. The fraction of sp³-hybridized carbons (Fsp3) is 0.214. The molecular weight excluding hydrogens is 498 g/mol. The molecule has 0 fully saturated rings. The first-order valence-corrected chi connectivity index (χ1v) is 12.4. The van der Waals surface area contributed by atoms with Crippen LogP contribution in [-0.2, 0) is 0 Å². The summed E-state index contributed by atoms with van der Waals surface area (Å²) in [5.74, 6) is 0. The standard InChI is InChI=1S/C28H28ClN9/c1-28(2,3)17-34-25-19(12-30)14-33-27-22(25)10-20(11-23(27)29)35-26(18-6-4-8-31-13-18)24-16-38(37-36-24)21-7-5-9-32-15-21/h4-11,13-16,26,35-37H,17H2,1-3H3,(H,33,34)/t26-/m1/s1/i26D. The quantitative estimate of drug-likeness (QED) is 0.247. The van der Waals surface area contributed by atoms with E-state index in [1.54, 1.807) is 48.1 Å². The number of hydrogen-bond acceptors (Lipinski definition) is 9. The van der Waals surface area contributed by atoms with Gasteiger partial charge in [-0.15, -0.1) is 5.53 Å². The molecule has 10 heteroatoms. The van der Waals surface area contributed by atoms with Crippen LogP contribution >= 0.6 is 11.6 Å². The van der Waals surface area contributed by atoms with Crippen molar-refractivity contribution in [3.8, 4) is 6.07 Å². The van der Waals surface area contributed by atoms with Crippen molar-refractivity contribution in [1.29, 1.82) is 5.26 Å². The lowest BCUT2D eigenvalue weighted by atomic mass is 9.96. The molecule has 5 rings (SSSR count). The van der Waals surface area contributed by atoms with Gasteiger partial charge in [0.1, 0.15) is 6.07 Å². The zero-order valence-corrected chi connectivity index (χ0v) is 22.0. The topological polar surface area (TPSA) is 114 Å². The van der Waals surface area contributed by atoms with Gasteiger partial charge in [0.15, 0.2) is 0 Å². The molecule has 4 heterocycles. The van der Waals surface area contributed by atoms with E-state index >= 15 is 0 Å². The van der Waals surface area contributed by atoms with Crippen LogP contribution in [0.4, 0.5) is 17.1 Å². The van der Waals surface area contributed by atoms with Crippen LogP contribution in [0.25, 0.3) is 10.9 Å². The van der Waals surface area contributed by atoms with E-state index in [0.717, 1.165) is 5.69 Å². The van der Waals surface area contributed by atoms with Gasteiger partial charge in [-0.25, -0.2) is 0 Å². The number of pyridine rings is 3. The first-order chi connectivity index (χ1) is 18.7. The molecule has 0 saturated carbocycles. The van der Waals surface area contributed by atoms with Gasteiger partial charge in [-0.2, -0.15) is 5.26 Å². The number of rotatable bonds is 7. The van der Waals surface area contributed by atoms with Gasteiger partial charge in [0.05, 0.1) is 46.8 Å². The van der Waals surface area contributed by atoms with E-state index in [9.17, 15) is 6.63 Å². The summed E-state index contributed by atoms with van der Waals surface area (Å²) in [6.07, 6.45) is 10.0. The van der Waals surface area contributed by atoms with Crippen molar-refractivity contribution in [2.45, 2.75) is 26.8 Å². The highest BCUT2D eigenvalue weighted by Crippen LogP contribution is 2.36. The molecule has 0 bridgehead atoms. The number of nitrogens with zero attached hydrogens (tertiary/aromatic N) is 5. The summed E-state index contributed by atoms with van der Waals surface area (Å²) >= 11 is 6.71. The number of benzene rings is 1. The molecule has 4 N–H and O–H groups in total. The second-order valence-electron chi connectivity index (χ2n) is 10.0. The molecular formula is C28H28ClN9. The van der Waals surface area contributed by atoms with Crippen molar-refractivity contribution in [3.05, 3.63) is 95.4 Å². The van der Waals surface area contributed by atoms with Crippen LogP contribution in [0.15, 0.2) is 79.3 Å². The Morgan fingerprint density at radius 2 is 1.95 bits per heavy atom. The number of fused-ring (bicyclic) bond motifs is 1. The van der Waals surface area contributed by atoms with Gasteiger partial charge in [0.25, 0.3) is 0 Å². The molecule has 1 aliphatic rings. The maximum absolute atomic E-state index is 9.80. The minimum Gasteiger partial charge on any atom is -0.383 e. The second kappa shape index (κ2) is 10.5. The van der Waals surface area contributed by atoms with Gasteiger partial charge in [-0.1, -0.05) is 38.4 Å². The zero-order valence-electron chi connectivity index (χ0n) is 22.2. The predicted octanol–water partition coefficient (Wildman–Crippen LogP) is 5.53. The highest BCUT2D eigenvalue weighted by atomic mass is 35.5. The van der Waals surface area contributed by atoms with E-state index in [1.165, 1.54) is 6.20 Å². The van der Waals surface area contributed by atoms with E-state index < -0.39 is 6.02 Å². The van der Waals surface area contributed by atoms with Crippen molar-refractivity contribution >= 4 is 39.6 Å². The third-order valence-corrected chi connectivity index (χ3v) is 6.11. The predicted molar refractivity (Wildman–Crippen MR) is 151 cm³/mol. The molecule has 192 valence electrons. The van der Waals surface area contributed by atoms with E-state index in [-0.39, 0.29) is 5.41 Å². The molecule has 0 amide bonds. The van der Waals surface area contributed by atoms with E-state index in [0.29, 0.717) is 50.7 Å². The van der Waals surface area contributed by atoms with Crippen molar-refractivity contribution in [1.82, 2.24) is 25.9 Å². The third kappa shape index (κ3) is 5.47. The van der Waals surface area contributed by atoms with Crippen LogP contribution in [0.1, 0.15) is 39.3 Å². The molecule has 0 spiro atoms. The summed E-state index contributed by atoms with van der Waals surface area (Å²) in [6.45, 7) is 6.98. The first kappa shape index (κ1) is 24.0. The van der Waals surface area contributed by atoms with E-state index in [1.807, 2.05) is 24.3 Å². The lowest BCUT2D eigenvalue weighted by Crippen LogP contribution is -2.37. The Morgan fingerprint density at radius 1 is 1.16 bits per heavy atom. The Hall–Kier alpha value is -4.39. The normalized spacial score (nSPS) is 15.2. The van der Waals surface area contributed by atoms with Crippen LogP contribution in [-0.4, -0.2) is 21.5 Å². The molecule has 4 aromatic rings. The number of anilines is 3. The molecule has 1 aromatic carbocycles. The SMILES string of the molecule is [2H][C@](Nc1cc(Cl)c2ncc(C#N)c(NCC(C)(C)C)c2c1)(C1=CN(c2cccnc2)NN1)c1cccnc1. The zero-order chi connectivity index (χ0) is 27.6. The summed E-state index contributed by atoms with van der Waals surface area (Å²) in [4.78, 5) is 12.9. The number of halogens is 1. The molecule has 1 aliphatic heterocycles. The Labute approximate surface area is 227 Å². The fourth-order valence-electron chi connectivity index (χ4n) is 3.99. The number of hydrogen-bond donors (Lipinski definition) is 4. The van der Waals surface area contributed by atoms with Crippen molar-refractivity contribution < 1.29 is 1.37 Å². The second-order valence-corrected chi connectivity index (χ2v) is 10.4. The van der Waals surface area contributed by atoms with Gasteiger partial charge in [0, 0.05) is 48.6 Å². The van der Waals surface area contributed by atoms with Crippen molar-refractivity contribution in [3.63, 3.8) is 0 Å². The summed E-state index contributed by atoms with van der Waals surface area (Å²) in [6, 6.07) is 11.7. The van der Waals surface area contributed by atoms with Gasteiger partial charge in [-0.05, 0) is 41.3 Å². The summed E-state index contributed by atoms with van der Waals surface area (Å²) < 4.78 is 9.63. The van der Waals surface area contributed by atoms with Crippen LogP contribution in [0.5, 0.6) is 0 Å². The number of nitrogens with one attached hydrogen (secondary N) is 4. The smallest absolute Gasteiger partial charge is 0.103 e. The summed E-state index contributed by atoms with van der Waals surface area (Å²) in [5, 5.41) is 19.4. The van der Waals surface area contributed by atoms with Crippen LogP contribution in [0, 0.1) is 16.7 Å². The van der Waals surface area contributed by atoms with Gasteiger partial charge < -0.3 is 16.1 Å². The average Bonchev–Trinajstić information content (AvgIpc) is 3.43. The first-order valence-electron chi connectivity index (χ1n) is 12.6. The van der Waals surface area contributed by atoms with Crippen LogP contribution < -0.4 is 26.6 Å². The molecule has 0 radical (unpaired) electrons. The maximum atomic E-state index is 9.80. The highest BCUT2D eigenvalue weighted by molar-refractivity contribution is 6.35. The fourth-order valence-corrected chi connectivity index (χ4v) is 4.26. The molecule has 0 aliphatic carbocycles. The Morgan fingerprint density at radius 3 is 2.63 bits per heavy atom. The molecule has 0 saturated heterocycles. The molecule has 1 atom stereocenters. The Kier molecular flexibility index (Phi) is 6.65. The lowest BCUT2D eigenvalue weighted by Gasteiger charge is -2.23. The number of hydrazine groups is 2. The average molecular weight is 527 g/mol. The number of aromatic nitrogens is 3. The lowest BCUT2D eigenvalue weighted by molar-refractivity contribution is 0.443. The third-order valence-electron chi connectivity index (χ3n) is 5.82. The van der Waals surface area contributed by atoms with Gasteiger partial charge >= 0.3 is 0 Å². The van der Waals surface area contributed by atoms with Crippen molar-refractivity contribution in [2.75, 3.05) is 22.2 Å². The summed E-state index contributed by atoms with van der Waals surface area (Å²) in [5.41, 5.74) is 10.3. The van der Waals surface area contributed by atoms with Crippen LogP contribution in [0.3, 0.4) is 0 Å². The maximum Gasteiger partial charge on any atom is 0.103 e. The highest BCUT2D eigenvalue weighted by Gasteiger charge is 2.24. The van der Waals surface area contributed by atoms with E-state index in [4.69, 9.17) is 11.6 Å². The van der Waals surface area contributed by atoms with Gasteiger partial charge in [-0.3, -0.25) is 20.0 Å². The molecule has 38 heavy (non-hydrogen) atoms. The van der Waals surface area contributed by atoms with Crippen LogP contribution in [0.2, 0.25) is 5.02 Å². The summed E-state index contributed by atoms with van der Waals surface area (Å²) in [7, 11) is 0. The minimum absolute atomic E-state index is 0.0214. The molecule has 9 nitrogen and oxygen atoms in total. The number of nitriles is 1. The van der Waals surface area contributed by atoms with Gasteiger partial charge in [0.2, 0.25) is 0 Å². The Bertz CT molecular complexity index is 1570. The van der Waals surface area contributed by atoms with E-state index in [2.05, 4.69) is 63.4 Å².